The van der Waals surface area contributed by atoms with Crippen molar-refractivity contribution in [3.8, 4) is 0 Å². The normalized spacial score (nSPS) is 16.7. The highest BCUT2D eigenvalue weighted by Crippen LogP contribution is 2.34. The molecule has 20 heavy (non-hydrogen) atoms. The minimum Gasteiger partial charge on any atom is -0.398 e. The third kappa shape index (κ3) is 2.97. The number of nitrogens with two attached hydrogens (primary N) is 1. The number of anilines is 2. The summed E-state index contributed by atoms with van der Waals surface area (Å²) in [5.41, 5.74) is 9.15. The van der Waals surface area contributed by atoms with Gasteiger partial charge in [-0.15, -0.1) is 0 Å². The van der Waals surface area contributed by atoms with Crippen molar-refractivity contribution < 1.29 is 4.79 Å². The first-order chi connectivity index (χ1) is 9.30. The van der Waals surface area contributed by atoms with Gasteiger partial charge in [0.2, 0.25) is 5.91 Å². The number of hydrogen-bond donors (Lipinski definition) is 1. The lowest BCUT2D eigenvalue weighted by Crippen LogP contribution is -2.37. The highest BCUT2D eigenvalue weighted by Gasteiger charge is 2.28. The van der Waals surface area contributed by atoms with Gasteiger partial charge in [-0.3, -0.25) is 4.79 Å². The summed E-state index contributed by atoms with van der Waals surface area (Å²) in [6.07, 6.45) is 2.56. The second kappa shape index (κ2) is 5.47. The monoisotopic (exact) mass is 274 g/mol. The van der Waals surface area contributed by atoms with Crippen LogP contribution in [0.15, 0.2) is 18.2 Å². The fraction of sp³-hybridized carbons (Fsp3) is 0.588. The standard InChI is InChI=1S/C17H26N2O/c1-12(17(2,3)4)11-16(20)19-10-6-7-13-14(18)8-5-9-15(13)19/h5,8-9,12H,6-7,10-11,18H2,1-4H3. The van der Waals surface area contributed by atoms with E-state index in [1.165, 1.54) is 0 Å². The van der Waals surface area contributed by atoms with Crippen LogP contribution in [0.25, 0.3) is 0 Å². The average molecular weight is 274 g/mol. The zero-order valence-corrected chi connectivity index (χ0v) is 13.1. The Labute approximate surface area is 122 Å². The lowest BCUT2D eigenvalue weighted by Gasteiger charge is -2.33. The molecule has 110 valence electrons. The summed E-state index contributed by atoms with van der Waals surface area (Å²) < 4.78 is 0. The van der Waals surface area contributed by atoms with E-state index in [2.05, 4.69) is 27.7 Å². The Morgan fingerprint density at radius 1 is 1.40 bits per heavy atom. The Kier molecular flexibility index (Phi) is 4.07. The third-order valence-corrected chi connectivity index (χ3v) is 4.55. The predicted octanol–water partition coefficient (Wildman–Crippen LogP) is 3.62. The van der Waals surface area contributed by atoms with E-state index in [9.17, 15) is 4.79 Å². The van der Waals surface area contributed by atoms with E-state index in [1.54, 1.807) is 0 Å². The van der Waals surface area contributed by atoms with Crippen molar-refractivity contribution in [2.45, 2.75) is 47.0 Å². The summed E-state index contributed by atoms with van der Waals surface area (Å²) in [5, 5.41) is 0. The maximum Gasteiger partial charge on any atom is 0.227 e. The molecule has 2 rings (SSSR count). The number of amides is 1. The highest BCUT2D eigenvalue weighted by molar-refractivity contribution is 5.95. The van der Waals surface area contributed by atoms with Crippen LogP contribution >= 0.6 is 0 Å². The summed E-state index contributed by atoms with van der Waals surface area (Å²) in [6.45, 7) is 9.53. The van der Waals surface area contributed by atoms with Crippen LogP contribution in [0.3, 0.4) is 0 Å². The molecule has 0 radical (unpaired) electrons. The fourth-order valence-corrected chi connectivity index (χ4v) is 2.59. The van der Waals surface area contributed by atoms with E-state index < -0.39 is 0 Å². The molecule has 0 saturated carbocycles. The smallest absolute Gasteiger partial charge is 0.227 e. The van der Waals surface area contributed by atoms with E-state index >= 15 is 0 Å². The first kappa shape index (κ1) is 14.9. The molecule has 0 aliphatic carbocycles. The van der Waals surface area contributed by atoms with Crippen molar-refractivity contribution in [2.75, 3.05) is 17.2 Å². The molecule has 1 atom stereocenters. The molecule has 0 bridgehead atoms. The first-order valence-electron chi connectivity index (χ1n) is 7.48. The molecular formula is C17H26N2O. The Bertz CT molecular complexity index is 502. The number of nitrogen functional groups attached to an aromatic ring is 1. The van der Waals surface area contributed by atoms with E-state index in [0.717, 1.165) is 36.3 Å². The van der Waals surface area contributed by atoms with E-state index in [1.807, 2.05) is 23.1 Å². The average Bonchev–Trinajstić information content (AvgIpc) is 2.37. The summed E-state index contributed by atoms with van der Waals surface area (Å²) in [6, 6.07) is 5.88. The second-order valence-electron chi connectivity index (χ2n) is 6.97. The second-order valence-corrected chi connectivity index (χ2v) is 6.97. The lowest BCUT2D eigenvalue weighted by atomic mass is 9.80. The number of carbonyl (C=O) groups excluding carboxylic acids is 1. The maximum absolute atomic E-state index is 12.6. The largest absolute Gasteiger partial charge is 0.398 e. The number of nitrogens with zero attached hydrogens (tertiary/aromatic N) is 1. The molecule has 0 saturated heterocycles. The van der Waals surface area contributed by atoms with E-state index in [4.69, 9.17) is 5.73 Å². The minimum absolute atomic E-state index is 0.157. The quantitative estimate of drug-likeness (QED) is 0.837. The number of rotatable bonds is 2. The van der Waals surface area contributed by atoms with E-state index in [-0.39, 0.29) is 11.3 Å². The van der Waals surface area contributed by atoms with Crippen LogP contribution in [-0.2, 0) is 11.2 Å². The number of fused-ring (bicyclic) bond motifs is 1. The molecule has 0 aromatic heterocycles. The van der Waals surface area contributed by atoms with Crippen molar-refractivity contribution in [2.24, 2.45) is 11.3 Å². The van der Waals surface area contributed by atoms with Gasteiger partial charge in [0.05, 0.1) is 0 Å². The van der Waals surface area contributed by atoms with Crippen LogP contribution in [-0.4, -0.2) is 12.5 Å². The first-order valence-corrected chi connectivity index (χ1v) is 7.48. The Morgan fingerprint density at radius 3 is 2.75 bits per heavy atom. The van der Waals surface area contributed by atoms with Gasteiger partial charge in [0.25, 0.3) is 0 Å². The van der Waals surface area contributed by atoms with Gasteiger partial charge in [-0.2, -0.15) is 0 Å². The lowest BCUT2D eigenvalue weighted by molar-refractivity contribution is -0.120. The Balaban J connectivity index is 2.19. The molecule has 1 amide bonds. The fourth-order valence-electron chi connectivity index (χ4n) is 2.59. The van der Waals surface area contributed by atoms with Crippen molar-refractivity contribution in [1.82, 2.24) is 0 Å². The molecule has 1 aliphatic heterocycles. The molecule has 2 N–H and O–H groups in total. The van der Waals surface area contributed by atoms with Gasteiger partial charge in [-0.05, 0) is 41.9 Å². The molecule has 1 unspecified atom stereocenters. The van der Waals surface area contributed by atoms with Crippen LogP contribution < -0.4 is 10.6 Å². The van der Waals surface area contributed by atoms with Gasteiger partial charge in [-0.25, -0.2) is 0 Å². The van der Waals surface area contributed by atoms with Crippen LogP contribution in [0.2, 0.25) is 0 Å². The summed E-state index contributed by atoms with van der Waals surface area (Å²) in [5.74, 6) is 0.584. The molecule has 3 nitrogen and oxygen atoms in total. The van der Waals surface area contributed by atoms with Crippen LogP contribution in [0.1, 0.15) is 46.1 Å². The van der Waals surface area contributed by atoms with Crippen LogP contribution in [0, 0.1) is 11.3 Å². The molecule has 1 aliphatic rings. The summed E-state index contributed by atoms with van der Waals surface area (Å²) in [4.78, 5) is 14.5. The molecule has 1 aromatic rings. The number of carbonyl (C=O) groups is 1. The van der Waals surface area contributed by atoms with Gasteiger partial charge in [0.15, 0.2) is 0 Å². The third-order valence-electron chi connectivity index (χ3n) is 4.55. The maximum atomic E-state index is 12.6. The van der Waals surface area contributed by atoms with Gasteiger partial charge >= 0.3 is 0 Å². The minimum atomic E-state index is 0.157. The molecule has 0 spiro atoms. The van der Waals surface area contributed by atoms with Crippen molar-refractivity contribution >= 4 is 17.3 Å². The van der Waals surface area contributed by atoms with Gasteiger partial charge in [-0.1, -0.05) is 33.8 Å². The number of hydrogen-bond acceptors (Lipinski definition) is 2. The molecule has 0 fully saturated rings. The molecule has 1 heterocycles. The summed E-state index contributed by atoms with van der Waals surface area (Å²) >= 11 is 0. The van der Waals surface area contributed by atoms with Gasteiger partial charge in [0, 0.05) is 24.3 Å². The highest BCUT2D eigenvalue weighted by atomic mass is 16.2. The predicted molar refractivity (Wildman–Crippen MR) is 84.8 cm³/mol. The van der Waals surface area contributed by atoms with Gasteiger partial charge in [0.1, 0.15) is 0 Å². The summed E-state index contributed by atoms with van der Waals surface area (Å²) in [7, 11) is 0. The van der Waals surface area contributed by atoms with Crippen LogP contribution in [0.4, 0.5) is 11.4 Å². The number of benzene rings is 1. The van der Waals surface area contributed by atoms with Crippen molar-refractivity contribution in [3.63, 3.8) is 0 Å². The molecular weight excluding hydrogens is 248 g/mol. The Morgan fingerprint density at radius 2 is 2.10 bits per heavy atom. The van der Waals surface area contributed by atoms with E-state index in [0.29, 0.717) is 12.3 Å². The van der Waals surface area contributed by atoms with Crippen molar-refractivity contribution in [3.05, 3.63) is 23.8 Å². The van der Waals surface area contributed by atoms with Crippen molar-refractivity contribution in [1.29, 1.82) is 0 Å². The Hall–Kier alpha value is -1.51. The molecule has 1 aromatic carbocycles. The van der Waals surface area contributed by atoms with Gasteiger partial charge < -0.3 is 10.6 Å². The SMILES string of the molecule is CC(CC(=O)N1CCCc2c(N)cccc21)C(C)(C)C. The van der Waals surface area contributed by atoms with Crippen LogP contribution in [0.5, 0.6) is 0 Å². The zero-order valence-electron chi connectivity index (χ0n) is 13.1. The molecule has 3 heteroatoms. The topological polar surface area (TPSA) is 46.3 Å². The zero-order chi connectivity index (χ0) is 14.9.